The van der Waals surface area contributed by atoms with Crippen molar-refractivity contribution in [2.75, 3.05) is 39.8 Å². The lowest BCUT2D eigenvalue weighted by Crippen LogP contribution is -2.53. The van der Waals surface area contributed by atoms with Gasteiger partial charge in [0.15, 0.2) is 0 Å². The summed E-state index contributed by atoms with van der Waals surface area (Å²) in [6.45, 7) is 5.38. The number of nitrogens with one attached hydrogen (secondary N) is 1. The molecule has 3 aromatic rings. The lowest BCUT2D eigenvalue weighted by atomic mass is 9.90. The van der Waals surface area contributed by atoms with Crippen molar-refractivity contribution < 1.29 is 27.5 Å². The maximum atomic E-state index is 13.5. The number of hydrogen-bond acceptors (Lipinski definition) is 6. The second kappa shape index (κ2) is 10.2. The first kappa shape index (κ1) is 27.6. The van der Waals surface area contributed by atoms with Gasteiger partial charge < -0.3 is 15.0 Å². The van der Waals surface area contributed by atoms with Crippen LogP contribution in [0.15, 0.2) is 59.5 Å². The molecule has 2 heterocycles. The molecule has 3 aromatic carbocycles. The number of sulfonamides is 1. The zero-order chi connectivity index (χ0) is 28.8. The van der Waals surface area contributed by atoms with E-state index in [4.69, 9.17) is 4.74 Å². The molecule has 0 aromatic heterocycles. The van der Waals surface area contributed by atoms with Crippen molar-refractivity contribution in [3.05, 3.63) is 71.3 Å². The van der Waals surface area contributed by atoms with Crippen LogP contribution in [0.25, 0.3) is 10.8 Å². The van der Waals surface area contributed by atoms with Gasteiger partial charge in [-0.1, -0.05) is 30.3 Å². The second-order valence-corrected chi connectivity index (χ2v) is 12.3. The monoisotopic (exact) mass is 564 g/mol. The fourth-order valence-electron chi connectivity index (χ4n) is 5.24. The van der Waals surface area contributed by atoms with Gasteiger partial charge in [-0.05, 0) is 72.5 Å². The minimum Gasteiger partial charge on any atom is -0.497 e. The molecule has 2 saturated heterocycles. The molecule has 1 atom stereocenters. The van der Waals surface area contributed by atoms with Gasteiger partial charge >= 0.3 is 6.03 Å². The van der Waals surface area contributed by atoms with Crippen LogP contribution in [0.1, 0.15) is 23.6 Å². The highest BCUT2D eigenvalue weighted by atomic mass is 32.2. The van der Waals surface area contributed by atoms with E-state index in [9.17, 15) is 22.8 Å². The van der Waals surface area contributed by atoms with Gasteiger partial charge in [0.05, 0.1) is 12.0 Å². The zero-order valence-corrected chi connectivity index (χ0v) is 23.7. The van der Waals surface area contributed by atoms with Gasteiger partial charge in [0.25, 0.3) is 5.91 Å². The Bertz CT molecular complexity index is 1630. The predicted molar refractivity (Wildman–Crippen MR) is 149 cm³/mol. The van der Waals surface area contributed by atoms with E-state index in [2.05, 4.69) is 5.32 Å². The van der Waals surface area contributed by atoms with E-state index in [0.717, 1.165) is 21.2 Å². The Morgan fingerprint density at radius 1 is 0.950 bits per heavy atom. The number of methoxy groups -OCH3 is 1. The number of piperazine rings is 1. The summed E-state index contributed by atoms with van der Waals surface area (Å²) in [6.07, 6.45) is 0. The van der Waals surface area contributed by atoms with Crippen molar-refractivity contribution in [1.82, 2.24) is 19.4 Å². The molecule has 10 nitrogen and oxygen atoms in total. The molecule has 5 rings (SSSR count). The molecule has 1 N–H and O–H groups in total. The lowest BCUT2D eigenvalue weighted by molar-refractivity contribution is -0.139. The first-order valence-electron chi connectivity index (χ1n) is 13.0. The topological polar surface area (TPSA) is 116 Å². The Hall–Kier alpha value is -3.96. The Kier molecular flexibility index (Phi) is 7.05. The van der Waals surface area contributed by atoms with Gasteiger partial charge in [0.2, 0.25) is 15.9 Å². The fourth-order valence-corrected chi connectivity index (χ4v) is 6.97. The van der Waals surface area contributed by atoms with Gasteiger partial charge in [0, 0.05) is 26.2 Å². The molecular formula is C29H32N4O6S. The molecule has 0 bridgehead atoms. The maximum Gasteiger partial charge on any atom is 0.325 e. The van der Waals surface area contributed by atoms with E-state index in [1.54, 1.807) is 39.2 Å². The third-order valence-electron chi connectivity index (χ3n) is 7.75. The van der Waals surface area contributed by atoms with Gasteiger partial charge in [-0.3, -0.25) is 14.5 Å². The number of fused-ring (bicyclic) bond motifs is 1. The summed E-state index contributed by atoms with van der Waals surface area (Å²) in [7, 11) is -2.12. The summed E-state index contributed by atoms with van der Waals surface area (Å²) in [4.78, 5) is 42.1. The van der Waals surface area contributed by atoms with Crippen LogP contribution >= 0.6 is 0 Å². The van der Waals surface area contributed by atoms with Crippen molar-refractivity contribution in [3.8, 4) is 5.75 Å². The standard InChI is InChI=1S/C29H32N4O6S/c1-19-5-6-20(2)25(15-19)40(37,38)32-13-11-31(12-14-32)26(34)18-33-27(35)29(3,30-28(33)36)23-9-7-22-17-24(39-4)10-8-21(22)16-23/h5-10,15-17H,11-14,18H2,1-4H3,(H,30,36)/t29-/m0/s1. The van der Waals surface area contributed by atoms with Gasteiger partial charge in [0.1, 0.15) is 17.8 Å². The summed E-state index contributed by atoms with van der Waals surface area (Å²) >= 11 is 0. The molecule has 2 aliphatic rings. The number of hydrogen-bond donors (Lipinski definition) is 1. The lowest BCUT2D eigenvalue weighted by Gasteiger charge is -2.34. The summed E-state index contributed by atoms with van der Waals surface area (Å²) < 4.78 is 33.1. The van der Waals surface area contributed by atoms with E-state index in [1.165, 1.54) is 9.21 Å². The van der Waals surface area contributed by atoms with Gasteiger partial charge in [-0.25, -0.2) is 13.2 Å². The maximum absolute atomic E-state index is 13.5. The van der Waals surface area contributed by atoms with Crippen molar-refractivity contribution in [2.24, 2.45) is 0 Å². The third kappa shape index (κ3) is 4.79. The molecule has 0 radical (unpaired) electrons. The van der Waals surface area contributed by atoms with Gasteiger partial charge in [-0.15, -0.1) is 0 Å². The molecular weight excluding hydrogens is 532 g/mol. The van der Waals surface area contributed by atoms with Crippen LogP contribution in [0, 0.1) is 13.8 Å². The number of urea groups is 1. The Morgan fingerprint density at radius 3 is 2.33 bits per heavy atom. The van der Waals surface area contributed by atoms with Crippen molar-refractivity contribution in [2.45, 2.75) is 31.2 Å². The van der Waals surface area contributed by atoms with Crippen LogP contribution in [0.3, 0.4) is 0 Å². The highest BCUT2D eigenvalue weighted by Gasteiger charge is 2.50. The highest BCUT2D eigenvalue weighted by Crippen LogP contribution is 2.32. The first-order chi connectivity index (χ1) is 18.9. The van der Waals surface area contributed by atoms with E-state index in [0.29, 0.717) is 16.9 Å². The second-order valence-electron chi connectivity index (χ2n) is 10.4. The quantitative estimate of drug-likeness (QED) is 0.461. The Morgan fingerprint density at radius 2 is 1.62 bits per heavy atom. The molecule has 0 aliphatic carbocycles. The summed E-state index contributed by atoms with van der Waals surface area (Å²) in [5, 5.41) is 4.56. The van der Waals surface area contributed by atoms with Crippen molar-refractivity contribution >= 4 is 38.6 Å². The zero-order valence-electron chi connectivity index (χ0n) is 22.9. The van der Waals surface area contributed by atoms with E-state index in [1.807, 2.05) is 43.3 Å². The number of rotatable bonds is 6. The van der Waals surface area contributed by atoms with Crippen molar-refractivity contribution in [1.29, 1.82) is 0 Å². The summed E-state index contributed by atoms with van der Waals surface area (Å²) in [5.74, 6) is -0.220. The molecule has 210 valence electrons. The molecule has 2 aliphatic heterocycles. The molecule has 11 heteroatoms. The first-order valence-corrected chi connectivity index (χ1v) is 14.5. The number of carbonyl (C=O) groups excluding carboxylic acids is 3. The van der Waals surface area contributed by atoms with E-state index >= 15 is 0 Å². The Labute approximate surface area is 233 Å². The molecule has 40 heavy (non-hydrogen) atoms. The average molecular weight is 565 g/mol. The molecule has 0 saturated carbocycles. The Balaban J connectivity index is 1.26. The number of ether oxygens (including phenoxy) is 1. The van der Waals surface area contributed by atoms with Crippen LogP contribution in [0.5, 0.6) is 5.75 Å². The van der Waals surface area contributed by atoms with Crippen LogP contribution in [0.2, 0.25) is 0 Å². The summed E-state index contributed by atoms with van der Waals surface area (Å²) in [5.41, 5.74) is 0.785. The number of imide groups is 1. The molecule has 0 unspecified atom stereocenters. The van der Waals surface area contributed by atoms with Crippen LogP contribution in [-0.2, 0) is 25.2 Å². The predicted octanol–water partition coefficient (Wildman–Crippen LogP) is 2.77. The van der Waals surface area contributed by atoms with E-state index < -0.39 is 40.0 Å². The SMILES string of the molecule is COc1ccc2cc([C@]3(C)NC(=O)N(CC(=O)N4CCN(S(=O)(=O)c5cc(C)ccc5C)CC4)C3=O)ccc2c1. The molecule has 0 spiro atoms. The highest BCUT2D eigenvalue weighted by molar-refractivity contribution is 7.89. The number of nitrogens with zero attached hydrogens (tertiary/aromatic N) is 3. The van der Waals surface area contributed by atoms with Crippen LogP contribution in [0.4, 0.5) is 4.79 Å². The smallest absolute Gasteiger partial charge is 0.325 e. The largest absolute Gasteiger partial charge is 0.497 e. The fraction of sp³-hybridized carbons (Fsp3) is 0.345. The minimum atomic E-state index is -3.71. The van der Waals surface area contributed by atoms with Crippen LogP contribution < -0.4 is 10.1 Å². The number of benzene rings is 3. The number of amides is 4. The third-order valence-corrected chi connectivity index (χ3v) is 9.79. The minimum absolute atomic E-state index is 0.126. The molecule has 2 fully saturated rings. The van der Waals surface area contributed by atoms with Crippen LogP contribution in [-0.4, -0.2) is 80.2 Å². The summed E-state index contributed by atoms with van der Waals surface area (Å²) in [6, 6.07) is 15.7. The average Bonchev–Trinajstić information content (AvgIpc) is 3.17. The van der Waals surface area contributed by atoms with Gasteiger partial charge in [-0.2, -0.15) is 4.31 Å². The number of aryl methyl sites for hydroxylation is 2. The normalized spacial score (nSPS) is 20.2. The number of carbonyl (C=O) groups is 3. The van der Waals surface area contributed by atoms with Crippen molar-refractivity contribution in [3.63, 3.8) is 0 Å². The van der Waals surface area contributed by atoms with E-state index in [-0.39, 0.29) is 31.1 Å². The molecule has 4 amide bonds.